The number of halogens is 1. The van der Waals surface area contributed by atoms with Gasteiger partial charge in [0.05, 0.1) is 12.7 Å². The molecule has 4 heteroatoms. The standard InChI is InChI=1S/C15H21NO2.ClH/c1-11(2)10-14(16)9-6-12-4-7-13(8-5-12)15(17)18-3;/h4-9,11,14H,10,16H2,1-3H3;1H/t14-;/m1./s1. The van der Waals surface area contributed by atoms with Crippen LogP contribution in [0.4, 0.5) is 0 Å². The van der Waals surface area contributed by atoms with Crippen LogP contribution < -0.4 is 5.73 Å². The van der Waals surface area contributed by atoms with Gasteiger partial charge < -0.3 is 10.5 Å². The van der Waals surface area contributed by atoms with E-state index in [1.165, 1.54) is 7.11 Å². The molecule has 0 aliphatic rings. The summed E-state index contributed by atoms with van der Waals surface area (Å²) in [5.74, 6) is 0.272. The van der Waals surface area contributed by atoms with Crippen LogP contribution in [0, 0.1) is 5.92 Å². The van der Waals surface area contributed by atoms with Crippen LogP contribution in [0.25, 0.3) is 6.08 Å². The molecule has 0 aliphatic heterocycles. The highest BCUT2D eigenvalue weighted by Gasteiger charge is 2.04. The number of benzene rings is 1. The highest BCUT2D eigenvalue weighted by Crippen LogP contribution is 2.09. The zero-order valence-electron chi connectivity index (χ0n) is 11.6. The summed E-state index contributed by atoms with van der Waals surface area (Å²) in [6.07, 6.45) is 4.94. The molecule has 1 aromatic rings. The van der Waals surface area contributed by atoms with Crippen molar-refractivity contribution in [2.24, 2.45) is 11.7 Å². The van der Waals surface area contributed by atoms with Gasteiger partial charge in [-0.2, -0.15) is 0 Å². The molecule has 0 radical (unpaired) electrons. The number of esters is 1. The SMILES string of the molecule is COC(=O)c1ccc(C=C[C@@H](N)CC(C)C)cc1.Cl. The number of rotatable bonds is 5. The van der Waals surface area contributed by atoms with Crippen LogP contribution in [0.5, 0.6) is 0 Å². The van der Waals surface area contributed by atoms with Crippen LogP contribution in [0.2, 0.25) is 0 Å². The molecule has 0 amide bonds. The van der Waals surface area contributed by atoms with Crippen LogP contribution in [-0.2, 0) is 4.74 Å². The van der Waals surface area contributed by atoms with E-state index in [0.717, 1.165) is 12.0 Å². The van der Waals surface area contributed by atoms with Crippen LogP contribution >= 0.6 is 12.4 Å². The smallest absolute Gasteiger partial charge is 0.337 e. The second kappa shape index (κ2) is 8.73. The first-order valence-electron chi connectivity index (χ1n) is 6.15. The van der Waals surface area contributed by atoms with Crippen LogP contribution in [0.15, 0.2) is 30.3 Å². The maximum Gasteiger partial charge on any atom is 0.337 e. The van der Waals surface area contributed by atoms with Crippen LogP contribution in [0.3, 0.4) is 0 Å². The van der Waals surface area contributed by atoms with Crippen LogP contribution in [0.1, 0.15) is 36.2 Å². The van der Waals surface area contributed by atoms with Gasteiger partial charge >= 0.3 is 5.97 Å². The van der Waals surface area contributed by atoms with E-state index < -0.39 is 0 Å². The molecule has 19 heavy (non-hydrogen) atoms. The summed E-state index contributed by atoms with van der Waals surface area (Å²) in [5, 5.41) is 0. The Labute approximate surface area is 121 Å². The molecule has 3 nitrogen and oxygen atoms in total. The van der Waals surface area contributed by atoms with E-state index >= 15 is 0 Å². The molecule has 0 fully saturated rings. The summed E-state index contributed by atoms with van der Waals surface area (Å²) in [7, 11) is 1.38. The Morgan fingerprint density at radius 1 is 1.32 bits per heavy atom. The first kappa shape index (κ1) is 17.7. The molecule has 1 rings (SSSR count). The number of nitrogens with two attached hydrogens (primary N) is 1. The number of hydrogen-bond acceptors (Lipinski definition) is 3. The van der Waals surface area contributed by atoms with Crippen molar-refractivity contribution in [2.45, 2.75) is 26.3 Å². The summed E-state index contributed by atoms with van der Waals surface area (Å²) in [6, 6.07) is 7.33. The van der Waals surface area contributed by atoms with Crippen molar-refractivity contribution in [3.05, 3.63) is 41.5 Å². The van der Waals surface area contributed by atoms with Crippen molar-refractivity contribution in [3.8, 4) is 0 Å². The second-order valence-electron chi connectivity index (χ2n) is 4.77. The van der Waals surface area contributed by atoms with Gasteiger partial charge in [-0.1, -0.05) is 38.1 Å². The molecule has 0 unspecified atom stereocenters. The first-order chi connectivity index (χ1) is 8.52. The van der Waals surface area contributed by atoms with E-state index in [1.54, 1.807) is 12.1 Å². The zero-order valence-corrected chi connectivity index (χ0v) is 12.4. The zero-order chi connectivity index (χ0) is 13.5. The van der Waals surface area contributed by atoms with Gasteiger partial charge in [0.1, 0.15) is 0 Å². The average Bonchev–Trinajstić information content (AvgIpc) is 2.35. The lowest BCUT2D eigenvalue weighted by molar-refractivity contribution is 0.0600. The fourth-order valence-electron chi connectivity index (χ4n) is 1.71. The molecule has 1 atom stereocenters. The van der Waals surface area contributed by atoms with E-state index in [2.05, 4.69) is 18.6 Å². The average molecular weight is 284 g/mol. The summed E-state index contributed by atoms with van der Waals surface area (Å²) in [5.41, 5.74) is 7.55. The molecule has 0 aromatic heterocycles. The summed E-state index contributed by atoms with van der Waals surface area (Å²) in [4.78, 5) is 11.3. The largest absolute Gasteiger partial charge is 0.465 e. The van der Waals surface area contributed by atoms with Crippen molar-refractivity contribution >= 4 is 24.5 Å². The lowest BCUT2D eigenvalue weighted by Crippen LogP contribution is -2.18. The van der Waals surface area contributed by atoms with Gasteiger partial charge in [0.25, 0.3) is 0 Å². The monoisotopic (exact) mass is 283 g/mol. The van der Waals surface area contributed by atoms with Gasteiger partial charge in [0, 0.05) is 6.04 Å². The Balaban J connectivity index is 0.00000324. The Hall–Kier alpha value is -1.32. The van der Waals surface area contributed by atoms with Gasteiger partial charge in [-0.3, -0.25) is 0 Å². The highest BCUT2D eigenvalue weighted by atomic mass is 35.5. The molecule has 0 spiro atoms. The van der Waals surface area contributed by atoms with Gasteiger partial charge in [0.2, 0.25) is 0 Å². The normalized spacial score (nSPS) is 12.3. The number of ether oxygens (including phenoxy) is 1. The third kappa shape index (κ3) is 6.41. The second-order valence-corrected chi connectivity index (χ2v) is 4.77. The van der Waals surface area contributed by atoms with E-state index in [0.29, 0.717) is 11.5 Å². The van der Waals surface area contributed by atoms with Crippen LogP contribution in [-0.4, -0.2) is 19.1 Å². The van der Waals surface area contributed by atoms with E-state index in [9.17, 15) is 4.79 Å². The molecule has 106 valence electrons. The van der Waals surface area contributed by atoms with E-state index in [-0.39, 0.29) is 24.4 Å². The summed E-state index contributed by atoms with van der Waals surface area (Å²) >= 11 is 0. The summed E-state index contributed by atoms with van der Waals surface area (Å²) in [6.45, 7) is 4.30. The lowest BCUT2D eigenvalue weighted by Gasteiger charge is -2.08. The number of hydrogen-bond donors (Lipinski definition) is 1. The number of methoxy groups -OCH3 is 1. The van der Waals surface area contributed by atoms with Crippen molar-refractivity contribution in [2.75, 3.05) is 7.11 Å². The Morgan fingerprint density at radius 2 is 1.89 bits per heavy atom. The van der Waals surface area contributed by atoms with E-state index in [1.807, 2.05) is 24.3 Å². The van der Waals surface area contributed by atoms with Crippen molar-refractivity contribution in [1.29, 1.82) is 0 Å². The molecule has 1 aromatic carbocycles. The minimum atomic E-state index is -0.318. The lowest BCUT2D eigenvalue weighted by atomic mass is 10.0. The van der Waals surface area contributed by atoms with Gasteiger partial charge in [-0.25, -0.2) is 4.79 Å². The maximum absolute atomic E-state index is 11.3. The Kier molecular flexibility index (Phi) is 8.12. The van der Waals surface area contributed by atoms with Crippen molar-refractivity contribution in [3.63, 3.8) is 0 Å². The highest BCUT2D eigenvalue weighted by molar-refractivity contribution is 5.89. The minimum absolute atomic E-state index is 0. The van der Waals surface area contributed by atoms with E-state index in [4.69, 9.17) is 5.73 Å². The minimum Gasteiger partial charge on any atom is -0.465 e. The van der Waals surface area contributed by atoms with Gasteiger partial charge in [-0.15, -0.1) is 12.4 Å². The summed E-state index contributed by atoms with van der Waals surface area (Å²) < 4.78 is 4.64. The van der Waals surface area contributed by atoms with Crippen molar-refractivity contribution in [1.82, 2.24) is 0 Å². The Morgan fingerprint density at radius 3 is 2.37 bits per heavy atom. The molecule has 0 heterocycles. The quantitative estimate of drug-likeness (QED) is 0.844. The number of carbonyl (C=O) groups is 1. The predicted molar refractivity (Wildman–Crippen MR) is 81.5 cm³/mol. The number of carbonyl (C=O) groups excluding carboxylic acids is 1. The molecular weight excluding hydrogens is 262 g/mol. The van der Waals surface area contributed by atoms with Gasteiger partial charge in [-0.05, 0) is 30.0 Å². The molecule has 0 saturated carbocycles. The maximum atomic E-state index is 11.3. The predicted octanol–water partition coefficient (Wildman–Crippen LogP) is 3.28. The first-order valence-corrected chi connectivity index (χ1v) is 6.15. The van der Waals surface area contributed by atoms with Crippen molar-refractivity contribution < 1.29 is 9.53 Å². The molecule has 0 aliphatic carbocycles. The molecular formula is C15H22ClNO2. The molecule has 0 bridgehead atoms. The van der Waals surface area contributed by atoms with Gasteiger partial charge in [0.15, 0.2) is 0 Å². The molecule has 2 N–H and O–H groups in total. The fraction of sp³-hybridized carbons (Fsp3) is 0.400. The molecule has 0 saturated heterocycles. The Bertz CT molecular complexity index is 413. The third-order valence-electron chi connectivity index (χ3n) is 2.61. The topological polar surface area (TPSA) is 52.3 Å². The third-order valence-corrected chi connectivity index (χ3v) is 2.61. The fourth-order valence-corrected chi connectivity index (χ4v) is 1.71.